The van der Waals surface area contributed by atoms with E-state index in [4.69, 9.17) is 4.74 Å². The highest BCUT2D eigenvalue weighted by molar-refractivity contribution is 7.08. The summed E-state index contributed by atoms with van der Waals surface area (Å²) in [6.45, 7) is 1.94. The molecular formula is C22H21N3O3S. The van der Waals surface area contributed by atoms with E-state index in [-0.39, 0.29) is 18.4 Å². The zero-order valence-electron chi connectivity index (χ0n) is 15.8. The van der Waals surface area contributed by atoms with Crippen molar-refractivity contribution in [3.05, 3.63) is 57.9 Å². The van der Waals surface area contributed by atoms with Gasteiger partial charge in [-0.2, -0.15) is 11.3 Å². The molecule has 3 aliphatic rings. The normalized spacial score (nSPS) is 23.5. The molecule has 1 aliphatic carbocycles. The monoisotopic (exact) mass is 407 g/mol. The van der Waals surface area contributed by atoms with Crippen molar-refractivity contribution in [2.24, 2.45) is 11.8 Å². The number of thiophene rings is 1. The topological polar surface area (TPSA) is 71.5 Å². The number of aromatic nitrogens is 1. The molecule has 148 valence electrons. The molecule has 2 amide bonds. The molecule has 0 aromatic carbocycles. The van der Waals surface area contributed by atoms with E-state index >= 15 is 0 Å². The molecule has 0 saturated carbocycles. The Morgan fingerprint density at radius 3 is 3.10 bits per heavy atom. The lowest BCUT2D eigenvalue weighted by atomic mass is 9.99. The van der Waals surface area contributed by atoms with E-state index in [1.54, 1.807) is 29.7 Å². The number of pyridine rings is 1. The number of allylic oxidation sites excluding steroid dienone is 1. The summed E-state index contributed by atoms with van der Waals surface area (Å²) in [6.07, 6.45) is 8.46. The minimum absolute atomic E-state index is 0.0277. The number of ether oxygens (including phenoxy) is 1. The maximum absolute atomic E-state index is 12.7. The van der Waals surface area contributed by atoms with Gasteiger partial charge in [-0.25, -0.2) is 4.98 Å². The van der Waals surface area contributed by atoms with Gasteiger partial charge in [0, 0.05) is 30.9 Å². The number of carbonyl (C=O) groups is 2. The maximum Gasteiger partial charge on any atom is 0.251 e. The van der Waals surface area contributed by atoms with Gasteiger partial charge < -0.3 is 15.0 Å². The van der Waals surface area contributed by atoms with E-state index < -0.39 is 0 Å². The van der Waals surface area contributed by atoms with Crippen LogP contribution in [-0.4, -0.2) is 41.4 Å². The summed E-state index contributed by atoms with van der Waals surface area (Å²) in [5.74, 6) is 1.33. The summed E-state index contributed by atoms with van der Waals surface area (Å²) in [5, 5.41) is 7.03. The van der Waals surface area contributed by atoms with Gasteiger partial charge in [0.25, 0.3) is 5.91 Å². The number of nitrogens with zero attached hydrogens (tertiary/aromatic N) is 2. The number of rotatable bonds is 3. The summed E-state index contributed by atoms with van der Waals surface area (Å²) in [5.41, 5.74) is 4.38. The van der Waals surface area contributed by atoms with Gasteiger partial charge in [0.05, 0.1) is 6.61 Å². The second kappa shape index (κ2) is 7.57. The number of hydrogen-bond acceptors (Lipinski definition) is 5. The third-order valence-corrected chi connectivity index (χ3v) is 6.43. The number of anilines is 1. The Bertz CT molecular complexity index is 1010. The van der Waals surface area contributed by atoms with Crippen molar-refractivity contribution in [1.29, 1.82) is 0 Å². The summed E-state index contributed by atoms with van der Waals surface area (Å²) < 4.78 is 5.32. The van der Waals surface area contributed by atoms with Crippen LogP contribution in [0.4, 0.5) is 5.82 Å². The van der Waals surface area contributed by atoms with Crippen LogP contribution < -0.4 is 5.32 Å². The highest BCUT2D eigenvalue weighted by Crippen LogP contribution is 2.41. The average Bonchev–Trinajstić information content (AvgIpc) is 3.41. The molecular weight excluding hydrogens is 386 g/mol. The molecule has 4 heterocycles. The van der Waals surface area contributed by atoms with Crippen molar-refractivity contribution < 1.29 is 14.3 Å². The lowest BCUT2D eigenvalue weighted by Crippen LogP contribution is -2.27. The van der Waals surface area contributed by atoms with Crippen LogP contribution in [0.5, 0.6) is 0 Å². The van der Waals surface area contributed by atoms with E-state index in [2.05, 4.69) is 33.2 Å². The highest BCUT2D eigenvalue weighted by Gasteiger charge is 2.37. The predicted molar refractivity (Wildman–Crippen MR) is 112 cm³/mol. The second-order valence-corrected chi connectivity index (χ2v) is 8.51. The summed E-state index contributed by atoms with van der Waals surface area (Å²) in [7, 11) is 0. The third kappa shape index (κ3) is 3.75. The van der Waals surface area contributed by atoms with Crippen LogP contribution in [-0.2, 0) is 20.9 Å². The fourth-order valence-corrected chi connectivity index (χ4v) is 4.97. The molecule has 0 radical (unpaired) electrons. The molecule has 1 N–H and O–H groups in total. The first-order valence-electron chi connectivity index (χ1n) is 9.72. The first-order valence-corrected chi connectivity index (χ1v) is 10.7. The number of amides is 2. The second-order valence-electron chi connectivity index (χ2n) is 7.73. The lowest BCUT2D eigenvalue weighted by molar-refractivity contribution is -0.125. The Morgan fingerprint density at radius 1 is 1.34 bits per heavy atom. The number of carbonyl (C=O) groups excluding carboxylic acids is 2. The Kier molecular flexibility index (Phi) is 4.77. The fourth-order valence-electron chi connectivity index (χ4n) is 4.29. The number of hydrogen-bond donors (Lipinski definition) is 1. The quantitative estimate of drug-likeness (QED) is 0.794. The third-order valence-electron chi connectivity index (χ3n) is 5.75. The number of nitrogens with one attached hydrogen (secondary N) is 1. The van der Waals surface area contributed by atoms with E-state index in [1.165, 1.54) is 11.1 Å². The molecule has 6 nitrogen and oxygen atoms in total. The number of fused-ring (bicyclic) bond motifs is 2. The summed E-state index contributed by atoms with van der Waals surface area (Å²) in [4.78, 5) is 30.4. The van der Waals surface area contributed by atoms with Gasteiger partial charge in [-0.1, -0.05) is 6.08 Å². The van der Waals surface area contributed by atoms with Crippen molar-refractivity contribution in [2.75, 3.05) is 25.0 Å². The van der Waals surface area contributed by atoms with Crippen molar-refractivity contribution in [2.45, 2.75) is 13.0 Å². The van der Waals surface area contributed by atoms with Crippen LogP contribution in [0.2, 0.25) is 0 Å². The maximum atomic E-state index is 12.7. The van der Waals surface area contributed by atoms with Gasteiger partial charge in [0.15, 0.2) is 0 Å². The van der Waals surface area contributed by atoms with Crippen molar-refractivity contribution in [1.82, 2.24) is 9.88 Å². The fraction of sp³-hybridized carbons (Fsp3) is 0.318. The minimum Gasteiger partial charge on any atom is -0.367 e. The average molecular weight is 407 g/mol. The van der Waals surface area contributed by atoms with Crippen molar-refractivity contribution in [3.8, 4) is 0 Å². The van der Waals surface area contributed by atoms with Gasteiger partial charge in [0.1, 0.15) is 12.4 Å². The molecule has 5 rings (SSSR count). The van der Waals surface area contributed by atoms with Gasteiger partial charge >= 0.3 is 0 Å². The molecule has 29 heavy (non-hydrogen) atoms. The SMILES string of the molecule is O=C1COCc2cc(/C=C/C(=O)N3CC4C=C(c5ccsc5)CC4C3)cnc2N1. The predicted octanol–water partition coefficient (Wildman–Crippen LogP) is 3.19. The first-order chi connectivity index (χ1) is 14.2. The van der Waals surface area contributed by atoms with E-state index in [9.17, 15) is 9.59 Å². The van der Waals surface area contributed by atoms with Crippen LogP contribution >= 0.6 is 11.3 Å². The molecule has 0 spiro atoms. The van der Waals surface area contributed by atoms with Gasteiger partial charge in [-0.15, -0.1) is 0 Å². The summed E-state index contributed by atoms with van der Waals surface area (Å²) >= 11 is 1.73. The molecule has 2 aliphatic heterocycles. The molecule has 2 unspecified atom stereocenters. The minimum atomic E-state index is -0.203. The standard InChI is InChI=1S/C22H21N3O3S/c26-20-12-28-11-19-5-14(8-23-22(19)24-20)1-2-21(27)25-9-17-6-16(7-18(17)10-25)15-3-4-29-13-15/h1-6,8,13,17-18H,7,9-12H2,(H,23,24,26)/b2-1+. The Labute approximate surface area is 172 Å². The zero-order valence-corrected chi connectivity index (χ0v) is 16.7. The van der Waals surface area contributed by atoms with Gasteiger partial charge in [-0.05, 0) is 63.9 Å². The molecule has 1 fully saturated rings. The van der Waals surface area contributed by atoms with Crippen LogP contribution in [0.1, 0.15) is 23.1 Å². The molecule has 2 aromatic heterocycles. The number of likely N-dealkylation sites (tertiary alicyclic amines) is 1. The Hall–Kier alpha value is -2.77. The molecule has 0 bridgehead atoms. The van der Waals surface area contributed by atoms with Crippen LogP contribution in [0.25, 0.3) is 11.6 Å². The Balaban J connectivity index is 1.23. The first kappa shape index (κ1) is 18.3. The van der Waals surface area contributed by atoms with Crippen molar-refractivity contribution >= 4 is 40.6 Å². The smallest absolute Gasteiger partial charge is 0.251 e. The van der Waals surface area contributed by atoms with Crippen molar-refractivity contribution in [3.63, 3.8) is 0 Å². The molecule has 2 aromatic rings. The highest BCUT2D eigenvalue weighted by atomic mass is 32.1. The van der Waals surface area contributed by atoms with Gasteiger partial charge in [-0.3, -0.25) is 9.59 Å². The Morgan fingerprint density at radius 2 is 2.28 bits per heavy atom. The largest absolute Gasteiger partial charge is 0.367 e. The zero-order chi connectivity index (χ0) is 19.8. The van der Waals surface area contributed by atoms with E-state index in [0.717, 1.165) is 30.6 Å². The molecule has 2 atom stereocenters. The van der Waals surface area contributed by atoms with Crippen LogP contribution in [0, 0.1) is 11.8 Å². The van der Waals surface area contributed by atoms with Crippen LogP contribution in [0.3, 0.4) is 0 Å². The summed E-state index contributed by atoms with van der Waals surface area (Å²) in [6, 6.07) is 4.07. The van der Waals surface area contributed by atoms with E-state index in [0.29, 0.717) is 24.3 Å². The molecule has 1 saturated heterocycles. The van der Waals surface area contributed by atoms with Crippen LogP contribution in [0.15, 0.2) is 41.2 Å². The lowest BCUT2D eigenvalue weighted by Gasteiger charge is -2.15. The van der Waals surface area contributed by atoms with E-state index in [1.807, 2.05) is 11.0 Å². The van der Waals surface area contributed by atoms with Gasteiger partial charge in [0.2, 0.25) is 5.91 Å². The molecule has 7 heteroatoms.